The average molecular weight is 280 g/mol. The van der Waals surface area contributed by atoms with Gasteiger partial charge in [0.2, 0.25) is 5.91 Å². The summed E-state index contributed by atoms with van der Waals surface area (Å²) in [6.07, 6.45) is 12.6. The Bertz CT molecular complexity index is 340. The van der Waals surface area contributed by atoms with Crippen LogP contribution in [0, 0.1) is 18.3 Å². The van der Waals surface area contributed by atoms with E-state index in [2.05, 4.69) is 16.6 Å². The number of hydrogen-bond donors (Lipinski definition) is 2. The maximum Gasteiger partial charge on any atom is 0.237 e. The highest BCUT2D eigenvalue weighted by molar-refractivity contribution is 7.99. The zero-order valence-electron chi connectivity index (χ0n) is 11.5. The lowest BCUT2D eigenvalue weighted by Crippen LogP contribution is -2.55. The normalized spacial score (nSPS) is 30.2. The summed E-state index contributed by atoms with van der Waals surface area (Å²) in [4.78, 5) is 12.1. The minimum atomic E-state index is 0.0250. The molecule has 1 saturated heterocycles. The van der Waals surface area contributed by atoms with E-state index >= 15 is 0 Å². The molecule has 0 aromatic carbocycles. The Kier molecular flexibility index (Phi) is 6.06. The lowest BCUT2D eigenvalue weighted by molar-refractivity contribution is -0.124. The number of nitrogens with one attached hydrogen (secondary N) is 2. The Labute approximate surface area is 120 Å². The molecule has 1 amide bonds. The molecule has 1 heterocycles. The standard InChI is InChI=1S/C15H24N2OS/c1-2-10-19-11-9-16-15(18)14-8-7-12-5-3-4-6-13(12)17-14/h1,12-14,17H,3-11H2,(H,16,18). The number of hydrogen-bond acceptors (Lipinski definition) is 3. The minimum absolute atomic E-state index is 0.0250. The van der Waals surface area contributed by atoms with Crippen molar-refractivity contribution in [2.24, 2.45) is 5.92 Å². The van der Waals surface area contributed by atoms with E-state index < -0.39 is 0 Å². The Morgan fingerprint density at radius 1 is 1.32 bits per heavy atom. The van der Waals surface area contributed by atoms with E-state index in [1.54, 1.807) is 11.8 Å². The van der Waals surface area contributed by atoms with Gasteiger partial charge in [-0.1, -0.05) is 18.8 Å². The van der Waals surface area contributed by atoms with Gasteiger partial charge < -0.3 is 10.6 Å². The Morgan fingerprint density at radius 3 is 3.00 bits per heavy atom. The summed E-state index contributed by atoms with van der Waals surface area (Å²) < 4.78 is 0. The Balaban J connectivity index is 1.67. The molecule has 0 aromatic heterocycles. The van der Waals surface area contributed by atoms with Gasteiger partial charge in [-0.2, -0.15) is 0 Å². The number of terminal acetylenes is 1. The SMILES string of the molecule is C#CCSCCNC(=O)C1CCC2CCCCC2N1. The van der Waals surface area contributed by atoms with Crippen molar-refractivity contribution >= 4 is 17.7 Å². The molecule has 2 rings (SSSR count). The number of fused-ring (bicyclic) bond motifs is 1. The molecule has 1 aliphatic carbocycles. The Morgan fingerprint density at radius 2 is 2.16 bits per heavy atom. The van der Waals surface area contributed by atoms with E-state index in [4.69, 9.17) is 6.42 Å². The van der Waals surface area contributed by atoms with Crippen LogP contribution in [0.5, 0.6) is 0 Å². The quantitative estimate of drug-likeness (QED) is 0.596. The van der Waals surface area contributed by atoms with Crippen molar-refractivity contribution in [2.45, 2.75) is 50.6 Å². The van der Waals surface area contributed by atoms with E-state index in [1.165, 1.54) is 32.1 Å². The van der Waals surface area contributed by atoms with Gasteiger partial charge in [0, 0.05) is 18.3 Å². The summed E-state index contributed by atoms with van der Waals surface area (Å²) in [5.41, 5.74) is 0. The van der Waals surface area contributed by atoms with Gasteiger partial charge in [0.1, 0.15) is 0 Å². The van der Waals surface area contributed by atoms with Crippen LogP contribution in [0.4, 0.5) is 0 Å². The van der Waals surface area contributed by atoms with Crippen LogP contribution in [0.3, 0.4) is 0 Å². The summed E-state index contributed by atoms with van der Waals surface area (Å²) in [6.45, 7) is 0.720. The largest absolute Gasteiger partial charge is 0.354 e. The number of carbonyl (C=O) groups excluding carboxylic acids is 1. The highest BCUT2D eigenvalue weighted by atomic mass is 32.2. The first kappa shape index (κ1) is 14.7. The van der Waals surface area contributed by atoms with Crippen LogP contribution < -0.4 is 10.6 Å². The second-order valence-electron chi connectivity index (χ2n) is 5.50. The van der Waals surface area contributed by atoms with Crippen LogP contribution in [-0.4, -0.2) is 36.0 Å². The monoisotopic (exact) mass is 280 g/mol. The van der Waals surface area contributed by atoms with Crippen LogP contribution >= 0.6 is 11.8 Å². The number of thioether (sulfide) groups is 1. The molecule has 1 saturated carbocycles. The van der Waals surface area contributed by atoms with E-state index in [1.807, 2.05) is 0 Å². The molecular weight excluding hydrogens is 256 g/mol. The van der Waals surface area contributed by atoms with Gasteiger partial charge >= 0.3 is 0 Å². The van der Waals surface area contributed by atoms with Crippen molar-refractivity contribution in [3.63, 3.8) is 0 Å². The van der Waals surface area contributed by atoms with E-state index in [-0.39, 0.29) is 11.9 Å². The molecule has 1 aliphatic heterocycles. The topological polar surface area (TPSA) is 41.1 Å². The molecule has 106 valence electrons. The minimum Gasteiger partial charge on any atom is -0.354 e. The second kappa shape index (κ2) is 7.81. The summed E-state index contributed by atoms with van der Waals surface area (Å²) in [5.74, 6) is 5.19. The van der Waals surface area contributed by atoms with Crippen molar-refractivity contribution in [1.82, 2.24) is 10.6 Å². The van der Waals surface area contributed by atoms with Crippen molar-refractivity contribution in [2.75, 3.05) is 18.1 Å². The summed E-state index contributed by atoms with van der Waals surface area (Å²) in [6, 6.07) is 0.603. The van der Waals surface area contributed by atoms with Gasteiger partial charge in [0.25, 0.3) is 0 Å². The fourth-order valence-corrected chi connectivity index (χ4v) is 3.71. The molecule has 3 nitrogen and oxygen atoms in total. The Hall–Kier alpha value is -0.660. The van der Waals surface area contributed by atoms with Crippen LogP contribution in [0.2, 0.25) is 0 Å². The molecule has 4 heteroatoms. The van der Waals surface area contributed by atoms with Crippen molar-refractivity contribution in [3.05, 3.63) is 0 Å². The molecule has 3 unspecified atom stereocenters. The summed E-state index contributed by atoms with van der Waals surface area (Å²) in [7, 11) is 0. The molecule has 19 heavy (non-hydrogen) atoms. The maximum atomic E-state index is 12.1. The predicted molar refractivity (Wildman–Crippen MR) is 81.1 cm³/mol. The van der Waals surface area contributed by atoms with Crippen LogP contribution in [0.1, 0.15) is 38.5 Å². The maximum absolute atomic E-state index is 12.1. The molecule has 0 bridgehead atoms. The van der Waals surface area contributed by atoms with E-state index in [0.29, 0.717) is 6.04 Å². The second-order valence-corrected chi connectivity index (χ2v) is 6.60. The summed E-state index contributed by atoms with van der Waals surface area (Å²) in [5, 5.41) is 6.57. The van der Waals surface area contributed by atoms with Crippen LogP contribution in [-0.2, 0) is 4.79 Å². The third-order valence-electron chi connectivity index (χ3n) is 4.20. The third kappa shape index (κ3) is 4.43. The smallest absolute Gasteiger partial charge is 0.237 e. The lowest BCUT2D eigenvalue weighted by Gasteiger charge is -2.39. The first-order valence-corrected chi connectivity index (χ1v) is 8.51. The highest BCUT2D eigenvalue weighted by Gasteiger charge is 2.34. The molecule has 2 aliphatic rings. The van der Waals surface area contributed by atoms with Crippen molar-refractivity contribution in [3.8, 4) is 12.3 Å². The van der Waals surface area contributed by atoms with Gasteiger partial charge in [-0.15, -0.1) is 18.2 Å². The first-order chi connectivity index (χ1) is 9.31. The fourth-order valence-electron chi connectivity index (χ4n) is 3.20. The van der Waals surface area contributed by atoms with E-state index in [9.17, 15) is 4.79 Å². The summed E-state index contributed by atoms with van der Waals surface area (Å²) >= 11 is 1.69. The number of amides is 1. The average Bonchev–Trinajstić information content (AvgIpc) is 2.46. The molecular formula is C15H24N2OS. The van der Waals surface area contributed by atoms with Crippen molar-refractivity contribution < 1.29 is 4.79 Å². The fraction of sp³-hybridized carbons (Fsp3) is 0.800. The highest BCUT2D eigenvalue weighted by Crippen LogP contribution is 2.32. The molecule has 0 spiro atoms. The zero-order chi connectivity index (χ0) is 13.5. The first-order valence-electron chi connectivity index (χ1n) is 7.36. The van der Waals surface area contributed by atoms with Crippen LogP contribution in [0.25, 0.3) is 0 Å². The van der Waals surface area contributed by atoms with Gasteiger partial charge in [0.15, 0.2) is 0 Å². The molecule has 2 fully saturated rings. The molecule has 3 atom stereocenters. The number of piperidine rings is 1. The third-order valence-corrected chi connectivity index (χ3v) is 5.06. The van der Waals surface area contributed by atoms with E-state index in [0.717, 1.165) is 30.4 Å². The van der Waals surface area contributed by atoms with Crippen LogP contribution in [0.15, 0.2) is 0 Å². The lowest BCUT2D eigenvalue weighted by atomic mass is 9.77. The van der Waals surface area contributed by atoms with Crippen molar-refractivity contribution in [1.29, 1.82) is 0 Å². The van der Waals surface area contributed by atoms with Gasteiger partial charge in [-0.25, -0.2) is 0 Å². The molecule has 0 aromatic rings. The zero-order valence-corrected chi connectivity index (χ0v) is 12.3. The van der Waals surface area contributed by atoms with Gasteiger partial charge in [-0.3, -0.25) is 4.79 Å². The van der Waals surface area contributed by atoms with Gasteiger partial charge in [0.05, 0.1) is 11.8 Å². The predicted octanol–water partition coefficient (Wildman–Crippen LogP) is 1.78. The molecule has 2 N–H and O–H groups in total. The van der Waals surface area contributed by atoms with Gasteiger partial charge in [-0.05, 0) is 31.6 Å². The molecule has 0 radical (unpaired) electrons. The number of carbonyl (C=O) groups is 1. The number of rotatable bonds is 5.